The van der Waals surface area contributed by atoms with Gasteiger partial charge in [0, 0.05) is 22.2 Å². The summed E-state index contributed by atoms with van der Waals surface area (Å²) in [6.45, 7) is 0. The zero-order valence-corrected chi connectivity index (χ0v) is 14.9. The molecule has 3 aromatic carbocycles. The zero-order valence-electron chi connectivity index (χ0n) is 14.2. The molecule has 2 aromatic heterocycles. The maximum Gasteiger partial charge on any atom is 0.266 e. The van der Waals surface area contributed by atoms with Crippen LogP contribution in [0.4, 0.5) is 0 Å². The summed E-state index contributed by atoms with van der Waals surface area (Å²) in [7, 11) is 0. The number of benzene rings is 3. The lowest BCUT2D eigenvalue weighted by Crippen LogP contribution is -2.22. The first-order chi connectivity index (χ1) is 13.2. The van der Waals surface area contributed by atoms with Gasteiger partial charge in [0.15, 0.2) is 0 Å². The van der Waals surface area contributed by atoms with Gasteiger partial charge in [-0.3, -0.25) is 9.36 Å². The number of rotatable bonds is 2. The van der Waals surface area contributed by atoms with Crippen LogP contribution < -0.4 is 5.56 Å². The maximum absolute atomic E-state index is 13.4. The fraction of sp³-hybridized carbons (Fsp3) is 0. The Morgan fingerprint density at radius 1 is 0.889 bits per heavy atom. The SMILES string of the molecule is O=c1c2ccccc2nc(-c2cccc3cc[nH]c23)n1-c1ccc(Cl)cc1. The van der Waals surface area contributed by atoms with Gasteiger partial charge >= 0.3 is 0 Å². The van der Waals surface area contributed by atoms with Gasteiger partial charge in [0.25, 0.3) is 5.56 Å². The molecule has 0 unspecified atom stereocenters. The molecule has 0 bridgehead atoms. The Kier molecular flexibility index (Phi) is 3.59. The summed E-state index contributed by atoms with van der Waals surface area (Å²) in [5, 5.41) is 2.26. The number of hydrogen-bond donors (Lipinski definition) is 1. The van der Waals surface area contributed by atoms with Crippen LogP contribution in [0.5, 0.6) is 0 Å². The van der Waals surface area contributed by atoms with Gasteiger partial charge in [-0.15, -0.1) is 0 Å². The Hall–Kier alpha value is -3.37. The van der Waals surface area contributed by atoms with Gasteiger partial charge in [-0.05, 0) is 48.5 Å². The molecule has 0 saturated carbocycles. The van der Waals surface area contributed by atoms with Crippen molar-refractivity contribution in [1.82, 2.24) is 14.5 Å². The highest BCUT2D eigenvalue weighted by atomic mass is 35.5. The number of aromatic nitrogens is 3. The van der Waals surface area contributed by atoms with Gasteiger partial charge in [0.1, 0.15) is 5.82 Å². The fourth-order valence-electron chi connectivity index (χ4n) is 3.41. The van der Waals surface area contributed by atoms with E-state index in [9.17, 15) is 4.79 Å². The van der Waals surface area contributed by atoms with E-state index in [4.69, 9.17) is 16.6 Å². The number of halogens is 1. The van der Waals surface area contributed by atoms with Gasteiger partial charge in [0.05, 0.1) is 22.1 Å². The van der Waals surface area contributed by atoms with Crippen molar-refractivity contribution in [2.75, 3.05) is 0 Å². The molecule has 0 spiro atoms. The number of para-hydroxylation sites is 2. The van der Waals surface area contributed by atoms with E-state index < -0.39 is 0 Å². The summed E-state index contributed by atoms with van der Waals surface area (Å²) in [6.07, 6.45) is 1.89. The lowest BCUT2D eigenvalue weighted by atomic mass is 10.1. The monoisotopic (exact) mass is 371 g/mol. The average Bonchev–Trinajstić information content (AvgIpc) is 3.18. The minimum Gasteiger partial charge on any atom is -0.361 e. The Balaban J connectivity index is 1.93. The summed E-state index contributed by atoms with van der Waals surface area (Å²) in [6, 6.07) is 22.6. The van der Waals surface area contributed by atoms with Crippen molar-refractivity contribution in [1.29, 1.82) is 0 Å². The molecule has 2 heterocycles. The second kappa shape index (κ2) is 6.11. The Bertz CT molecular complexity index is 1350. The normalized spacial score (nSPS) is 11.3. The lowest BCUT2D eigenvalue weighted by Gasteiger charge is -2.14. The van der Waals surface area contributed by atoms with Crippen LogP contribution in [0.1, 0.15) is 0 Å². The molecule has 0 fully saturated rings. The molecule has 0 aliphatic heterocycles. The summed E-state index contributed by atoms with van der Waals surface area (Å²) >= 11 is 6.05. The van der Waals surface area contributed by atoms with E-state index in [0.29, 0.717) is 21.7 Å². The topological polar surface area (TPSA) is 50.7 Å². The largest absolute Gasteiger partial charge is 0.361 e. The molecule has 5 aromatic rings. The fourth-order valence-corrected chi connectivity index (χ4v) is 3.54. The van der Waals surface area contributed by atoms with Crippen LogP contribution in [-0.2, 0) is 0 Å². The van der Waals surface area contributed by atoms with Crippen LogP contribution in [0.15, 0.2) is 83.8 Å². The lowest BCUT2D eigenvalue weighted by molar-refractivity contribution is 0.977. The molecular formula is C22H14ClN3O. The van der Waals surface area contributed by atoms with Gasteiger partial charge in [0.2, 0.25) is 0 Å². The second-order valence-electron chi connectivity index (χ2n) is 6.32. The molecule has 5 rings (SSSR count). The van der Waals surface area contributed by atoms with Crippen LogP contribution in [-0.4, -0.2) is 14.5 Å². The van der Waals surface area contributed by atoms with Gasteiger partial charge in [-0.2, -0.15) is 0 Å². The summed E-state index contributed by atoms with van der Waals surface area (Å²) in [5.41, 5.74) is 3.10. The van der Waals surface area contributed by atoms with Crippen molar-refractivity contribution in [3.63, 3.8) is 0 Å². The number of H-pyrrole nitrogens is 1. The highest BCUT2D eigenvalue weighted by Crippen LogP contribution is 2.28. The van der Waals surface area contributed by atoms with Gasteiger partial charge < -0.3 is 4.98 Å². The highest BCUT2D eigenvalue weighted by Gasteiger charge is 2.16. The third-order valence-electron chi connectivity index (χ3n) is 4.69. The predicted molar refractivity (Wildman–Crippen MR) is 110 cm³/mol. The zero-order chi connectivity index (χ0) is 18.4. The maximum atomic E-state index is 13.4. The third-order valence-corrected chi connectivity index (χ3v) is 4.94. The Labute approximate surface area is 159 Å². The molecule has 1 N–H and O–H groups in total. The van der Waals surface area contributed by atoms with Crippen molar-refractivity contribution >= 4 is 33.4 Å². The van der Waals surface area contributed by atoms with Crippen molar-refractivity contribution < 1.29 is 0 Å². The molecule has 0 atom stereocenters. The minimum atomic E-state index is -0.110. The third kappa shape index (κ3) is 2.54. The van der Waals surface area contributed by atoms with E-state index in [0.717, 1.165) is 22.2 Å². The predicted octanol–water partition coefficient (Wildman–Crippen LogP) is 5.19. The number of nitrogens with zero attached hydrogens (tertiary/aromatic N) is 2. The quantitative estimate of drug-likeness (QED) is 0.464. The second-order valence-corrected chi connectivity index (χ2v) is 6.75. The van der Waals surface area contributed by atoms with Crippen LogP contribution in [0.3, 0.4) is 0 Å². The number of fused-ring (bicyclic) bond motifs is 2. The van der Waals surface area contributed by atoms with E-state index in [1.165, 1.54) is 0 Å². The minimum absolute atomic E-state index is 0.110. The van der Waals surface area contributed by atoms with E-state index >= 15 is 0 Å². The molecule has 0 aliphatic rings. The number of hydrogen-bond acceptors (Lipinski definition) is 2. The molecule has 27 heavy (non-hydrogen) atoms. The Morgan fingerprint density at radius 2 is 1.70 bits per heavy atom. The summed E-state index contributed by atoms with van der Waals surface area (Å²) in [4.78, 5) is 21.5. The van der Waals surface area contributed by atoms with Crippen LogP contribution in [0, 0.1) is 0 Å². The average molecular weight is 372 g/mol. The first-order valence-corrected chi connectivity index (χ1v) is 8.94. The first kappa shape index (κ1) is 15.9. The molecule has 5 heteroatoms. The molecule has 0 radical (unpaired) electrons. The smallest absolute Gasteiger partial charge is 0.266 e. The summed E-state index contributed by atoms with van der Waals surface area (Å²) < 4.78 is 1.65. The van der Waals surface area contributed by atoms with E-state index in [-0.39, 0.29) is 5.56 Å². The first-order valence-electron chi connectivity index (χ1n) is 8.56. The van der Waals surface area contributed by atoms with Crippen molar-refractivity contribution in [2.45, 2.75) is 0 Å². The van der Waals surface area contributed by atoms with E-state index in [1.807, 2.05) is 60.8 Å². The Morgan fingerprint density at radius 3 is 2.56 bits per heavy atom. The van der Waals surface area contributed by atoms with Crippen molar-refractivity contribution in [3.05, 3.63) is 94.4 Å². The van der Waals surface area contributed by atoms with E-state index in [2.05, 4.69) is 4.98 Å². The molecular weight excluding hydrogens is 358 g/mol. The number of aromatic amines is 1. The highest BCUT2D eigenvalue weighted by molar-refractivity contribution is 6.30. The van der Waals surface area contributed by atoms with E-state index in [1.54, 1.807) is 22.8 Å². The molecule has 0 aliphatic carbocycles. The number of nitrogens with one attached hydrogen (secondary N) is 1. The summed E-state index contributed by atoms with van der Waals surface area (Å²) in [5.74, 6) is 0.592. The van der Waals surface area contributed by atoms with Crippen LogP contribution >= 0.6 is 11.6 Å². The van der Waals surface area contributed by atoms with Crippen LogP contribution in [0.25, 0.3) is 38.9 Å². The van der Waals surface area contributed by atoms with Crippen LogP contribution in [0.2, 0.25) is 5.02 Å². The molecule has 0 amide bonds. The van der Waals surface area contributed by atoms with Gasteiger partial charge in [-0.25, -0.2) is 4.98 Å². The standard InChI is InChI=1S/C22H14ClN3O/c23-15-8-10-16(11-9-15)26-21(18-6-3-4-14-12-13-24-20(14)18)25-19-7-2-1-5-17(19)22(26)27/h1-13,24H. The van der Waals surface area contributed by atoms with Gasteiger partial charge in [-0.1, -0.05) is 35.9 Å². The molecule has 130 valence electrons. The molecule has 0 saturated heterocycles. The molecule has 4 nitrogen and oxygen atoms in total. The van der Waals surface area contributed by atoms with Crippen molar-refractivity contribution in [2.24, 2.45) is 0 Å². The van der Waals surface area contributed by atoms with Crippen molar-refractivity contribution in [3.8, 4) is 17.1 Å².